The number of carbonyl (C=O) groups excluding carboxylic acids is 1. The molecule has 0 bridgehead atoms. The Morgan fingerprint density at radius 3 is 2.41 bits per heavy atom. The molecule has 1 aliphatic heterocycles. The van der Waals surface area contributed by atoms with Crippen molar-refractivity contribution in [2.24, 2.45) is 0 Å². The number of imidazole rings is 1. The fraction of sp³-hybridized carbons (Fsp3) is 0.391. The summed E-state index contributed by atoms with van der Waals surface area (Å²) in [7, 11) is 0. The minimum atomic E-state index is -4.58. The van der Waals surface area contributed by atoms with Crippen molar-refractivity contribution in [3.05, 3.63) is 63.7 Å². The van der Waals surface area contributed by atoms with Gasteiger partial charge in [-0.2, -0.15) is 13.2 Å². The fourth-order valence-electron chi connectivity index (χ4n) is 4.08. The van der Waals surface area contributed by atoms with Gasteiger partial charge in [0.15, 0.2) is 5.69 Å². The largest absolute Gasteiger partial charge is 0.394 e. The van der Waals surface area contributed by atoms with Crippen LogP contribution in [0.4, 0.5) is 13.2 Å². The fourth-order valence-corrected chi connectivity index (χ4v) is 4.82. The van der Waals surface area contributed by atoms with Crippen LogP contribution in [-0.2, 0) is 6.42 Å². The van der Waals surface area contributed by atoms with Crippen LogP contribution >= 0.6 is 34.8 Å². The summed E-state index contributed by atoms with van der Waals surface area (Å²) in [6.45, 7) is 1.25. The minimum Gasteiger partial charge on any atom is -0.296 e. The van der Waals surface area contributed by atoms with Crippen molar-refractivity contribution in [3.8, 4) is 5.69 Å². The SMILES string of the molecule is O=C(NN1CCCCC1)c1nc(C2=C(Cl)CC(Cl)C=C2)n(-c2ccc(Cl)cc2)c1CC(F)(F)F. The molecule has 0 saturated carbocycles. The van der Waals surface area contributed by atoms with E-state index in [-0.39, 0.29) is 22.6 Å². The highest BCUT2D eigenvalue weighted by Crippen LogP contribution is 2.36. The van der Waals surface area contributed by atoms with Crippen LogP contribution < -0.4 is 5.43 Å². The Hall–Kier alpha value is -2.00. The van der Waals surface area contributed by atoms with Gasteiger partial charge in [-0.1, -0.05) is 41.8 Å². The summed E-state index contributed by atoms with van der Waals surface area (Å²) in [6.07, 6.45) is 0.526. The van der Waals surface area contributed by atoms with Crippen molar-refractivity contribution in [1.82, 2.24) is 20.0 Å². The Labute approximate surface area is 210 Å². The van der Waals surface area contributed by atoms with E-state index in [1.165, 1.54) is 4.57 Å². The number of nitrogens with zero attached hydrogens (tertiary/aromatic N) is 3. The number of halogens is 6. The molecule has 34 heavy (non-hydrogen) atoms. The molecule has 1 saturated heterocycles. The van der Waals surface area contributed by atoms with E-state index in [4.69, 9.17) is 34.8 Å². The highest BCUT2D eigenvalue weighted by atomic mass is 35.5. The molecule has 2 aliphatic rings. The highest BCUT2D eigenvalue weighted by molar-refractivity contribution is 6.34. The number of benzene rings is 1. The summed E-state index contributed by atoms with van der Waals surface area (Å²) in [5, 5.41) is 2.15. The molecule has 11 heteroatoms. The zero-order valence-electron chi connectivity index (χ0n) is 18.0. The number of amides is 1. The van der Waals surface area contributed by atoms with Gasteiger partial charge in [-0.3, -0.25) is 14.8 Å². The zero-order valence-corrected chi connectivity index (χ0v) is 20.3. The zero-order chi connectivity index (χ0) is 24.5. The number of rotatable bonds is 5. The Balaban J connectivity index is 1.88. The van der Waals surface area contributed by atoms with Gasteiger partial charge in [0, 0.05) is 40.8 Å². The molecule has 1 unspecified atom stereocenters. The van der Waals surface area contributed by atoms with E-state index in [0.717, 1.165) is 19.3 Å². The van der Waals surface area contributed by atoms with Crippen molar-refractivity contribution in [2.75, 3.05) is 13.1 Å². The van der Waals surface area contributed by atoms with Gasteiger partial charge >= 0.3 is 6.18 Å². The minimum absolute atomic E-state index is 0.134. The number of nitrogens with one attached hydrogen (secondary N) is 1. The molecule has 4 rings (SSSR count). The van der Waals surface area contributed by atoms with Gasteiger partial charge in [-0.25, -0.2) is 9.99 Å². The lowest BCUT2D eigenvalue weighted by Crippen LogP contribution is -2.45. The maximum atomic E-state index is 13.7. The third-order valence-electron chi connectivity index (χ3n) is 5.64. The molecule has 1 N–H and O–H groups in total. The number of allylic oxidation sites excluding steroid dienone is 4. The van der Waals surface area contributed by atoms with Crippen molar-refractivity contribution >= 4 is 46.3 Å². The predicted molar refractivity (Wildman–Crippen MR) is 127 cm³/mol. The predicted octanol–water partition coefficient (Wildman–Crippen LogP) is 6.28. The van der Waals surface area contributed by atoms with Crippen molar-refractivity contribution < 1.29 is 18.0 Å². The van der Waals surface area contributed by atoms with Gasteiger partial charge in [-0.15, -0.1) is 11.6 Å². The number of hydrogen-bond acceptors (Lipinski definition) is 3. The maximum Gasteiger partial charge on any atom is 0.394 e. The normalized spacial score (nSPS) is 19.5. The van der Waals surface area contributed by atoms with Crippen LogP contribution in [-0.4, -0.2) is 45.1 Å². The quantitative estimate of drug-likeness (QED) is 0.460. The van der Waals surface area contributed by atoms with Crippen molar-refractivity contribution in [1.29, 1.82) is 0 Å². The van der Waals surface area contributed by atoms with E-state index in [0.29, 0.717) is 40.8 Å². The molecule has 1 aromatic heterocycles. The van der Waals surface area contributed by atoms with E-state index in [9.17, 15) is 18.0 Å². The van der Waals surface area contributed by atoms with Crippen LogP contribution in [0.3, 0.4) is 0 Å². The molecule has 0 spiro atoms. The summed E-state index contributed by atoms with van der Waals surface area (Å²) in [4.78, 5) is 17.6. The lowest BCUT2D eigenvalue weighted by atomic mass is 10.1. The first-order valence-corrected chi connectivity index (χ1v) is 12.0. The molecule has 5 nitrogen and oxygen atoms in total. The molecule has 1 aromatic carbocycles. The second-order valence-electron chi connectivity index (χ2n) is 8.22. The topological polar surface area (TPSA) is 50.2 Å². The molecule has 1 atom stereocenters. The molecular formula is C23H22Cl3F3N4O. The Morgan fingerprint density at radius 1 is 1.12 bits per heavy atom. The van der Waals surface area contributed by atoms with Crippen LogP contribution in [0.25, 0.3) is 11.3 Å². The molecule has 182 valence electrons. The lowest BCUT2D eigenvalue weighted by Gasteiger charge is -2.26. The van der Waals surface area contributed by atoms with Crippen molar-refractivity contribution in [3.63, 3.8) is 0 Å². The average molecular weight is 534 g/mol. The van der Waals surface area contributed by atoms with Crippen LogP contribution in [0, 0.1) is 0 Å². The van der Waals surface area contributed by atoms with Gasteiger partial charge in [0.05, 0.1) is 17.5 Å². The van der Waals surface area contributed by atoms with Crippen LogP contribution in [0.2, 0.25) is 5.02 Å². The number of piperidine rings is 1. The summed E-state index contributed by atoms with van der Waals surface area (Å²) in [6, 6.07) is 6.27. The number of alkyl halides is 4. The van der Waals surface area contributed by atoms with Gasteiger partial charge in [0.2, 0.25) is 0 Å². The third-order valence-corrected chi connectivity index (χ3v) is 6.55. The number of hydrazine groups is 1. The first-order valence-electron chi connectivity index (χ1n) is 10.8. The number of hydrogen-bond donors (Lipinski definition) is 1. The summed E-state index contributed by atoms with van der Waals surface area (Å²) < 4.78 is 42.5. The van der Waals surface area contributed by atoms with E-state index in [1.807, 2.05) is 0 Å². The van der Waals surface area contributed by atoms with E-state index in [2.05, 4.69) is 10.4 Å². The van der Waals surface area contributed by atoms with Gasteiger partial charge in [-0.05, 0) is 37.1 Å². The van der Waals surface area contributed by atoms with Crippen molar-refractivity contribution in [2.45, 2.75) is 43.7 Å². The molecule has 1 fully saturated rings. The summed E-state index contributed by atoms with van der Waals surface area (Å²) in [5.41, 5.74) is 2.93. The Kier molecular flexibility index (Phi) is 7.62. The first kappa shape index (κ1) is 25.1. The lowest BCUT2D eigenvalue weighted by molar-refractivity contribution is -0.128. The monoisotopic (exact) mass is 532 g/mol. The van der Waals surface area contributed by atoms with Gasteiger partial charge in [0.25, 0.3) is 5.91 Å². The molecule has 0 radical (unpaired) electrons. The van der Waals surface area contributed by atoms with E-state index >= 15 is 0 Å². The third kappa shape index (κ3) is 5.79. The standard InChI is InChI=1S/C23H22Cl3F3N4O/c24-14-4-7-16(8-5-14)33-19(13-23(27,28)29)20(22(34)31-32-10-2-1-3-11-32)30-21(33)17-9-6-15(25)12-18(17)26/h4-9,15H,1-3,10-13H2,(H,31,34). The summed E-state index contributed by atoms with van der Waals surface area (Å²) >= 11 is 18.6. The first-order chi connectivity index (χ1) is 16.1. The second kappa shape index (κ2) is 10.3. The summed E-state index contributed by atoms with van der Waals surface area (Å²) in [5.74, 6) is -0.558. The van der Waals surface area contributed by atoms with E-state index in [1.54, 1.807) is 41.4 Å². The number of carbonyl (C=O) groups is 1. The van der Waals surface area contributed by atoms with Gasteiger partial charge in [0.1, 0.15) is 5.82 Å². The molecule has 1 amide bonds. The average Bonchev–Trinajstić information content (AvgIpc) is 3.12. The second-order valence-corrected chi connectivity index (χ2v) is 9.67. The van der Waals surface area contributed by atoms with E-state index < -0.39 is 18.5 Å². The number of aromatic nitrogens is 2. The Bertz CT molecular complexity index is 1120. The van der Waals surface area contributed by atoms with Crippen LogP contribution in [0.5, 0.6) is 0 Å². The molecular weight excluding hydrogens is 512 g/mol. The van der Waals surface area contributed by atoms with Crippen LogP contribution in [0.15, 0.2) is 41.4 Å². The Morgan fingerprint density at radius 2 is 1.79 bits per heavy atom. The molecule has 2 aromatic rings. The van der Waals surface area contributed by atoms with Crippen LogP contribution in [0.1, 0.15) is 47.7 Å². The molecule has 1 aliphatic carbocycles. The molecule has 2 heterocycles. The maximum absolute atomic E-state index is 13.7. The highest BCUT2D eigenvalue weighted by Gasteiger charge is 2.36. The van der Waals surface area contributed by atoms with Gasteiger partial charge < -0.3 is 0 Å². The smallest absolute Gasteiger partial charge is 0.296 e.